The molecule has 0 heterocycles. The van der Waals surface area contributed by atoms with E-state index in [0.29, 0.717) is 0 Å². The van der Waals surface area contributed by atoms with Crippen LogP contribution < -0.4 is 0 Å². The Hall–Kier alpha value is -0.360. The molecule has 34 valence electrons. The first kappa shape index (κ1) is 5.64. The molecule has 2 nitrogen and oxygen atoms in total. The standard InChI is InChI=1S/C3H5O2P/c1-2-3-5-6-4/h2-3H,1H3. The highest BCUT2D eigenvalue weighted by molar-refractivity contribution is 7.17. The fraction of sp³-hybridized carbons (Fsp3) is 0.333. The highest BCUT2D eigenvalue weighted by atomic mass is 31.1. The first-order valence-corrected chi connectivity index (χ1v) is 2.24. The molecule has 0 bridgehead atoms. The molecular formula is C3H5O2P. The van der Waals surface area contributed by atoms with Gasteiger partial charge < -0.3 is 4.52 Å². The third-order valence-electron chi connectivity index (χ3n) is 0.240. The fourth-order valence-corrected chi connectivity index (χ4v) is 0.257. The molecule has 0 saturated heterocycles. The minimum atomic E-state index is -0.291. The van der Waals surface area contributed by atoms with Crippen molar-refractivity contribution >= 4 is 8.69 Å². The molecular weight excluding hydrogens is 99.0 g/mol. The van der Waals surface area contributed by atoms with Gasteiger partial charge in [-0.15, -0.1) is 0 Å². The first-order chi connectivity index (χ1) is 2.91. The molecule has 0 radical (unpaired) electrons. The Morgan fingerprint density at radius 1 is 1.83 bits per heavy atom. The van der Waals surface area contributed by atoms with Crippen molar-refractivity contribution in [3.8, 4) is 0 Å². The van der Waals surface area contributed by atoms with Gasteiger partial charge in [-0.05, 0) is 6.92 Å². The van der Waals surface area contributed by atoms with Gasteiger partial charge in [-0.25, -0.2) is 4.57 Å². The molecule has 0 N–H and O–H groups in total. The Morgan fingerprint density at radius 2 is 2.50 bits per heavy atom. The van der Waals surface area contributed by atoms with Gasteiger partial charge in [-0.2, -0.15) is 0 Å². The monoisotopic (exact) mass is 104 g/mol. The van der Waals surface area contributed by atoms with Crippen LogP contribution >= 0.6 is 8.69 Å². The summed E-state index contributed by atoms with van der Waals surface area (Å²) in [6, 6.07) is 0. The van der Waals surface area contributed by atoms with Gasteiger partial charge >= 0.3 is 8.69 Å². The molecule has 0 saturated carbocycles. The molecule has 0 unspecified atom stereocenters. The molecule has 0 spiro atoms. The van der Waals surface area contributed by atoms with Crippen LogP contribution in [0, 0.1) is 0 Å². The van der Waals surface area contributed by atoms with Crippen molar-refractivity contribution in [3.63, 3.8) is 0 Å². The summed E-state index contributed by atoms with van der Waals surface area (Å²) in [4.78, 5) is 0. The lowest BCUT2D eigenvalue weighted by Crippen LogP contribution is -1.47. The second kappa shape index (κ2) is 4.64. The summed E-state index contributed by atoms with van der Waals surface area (Å²) in [6.07, 6.45) is 3.01. The number of hydrogen-bond donors (Lipinski definition) is 0. The van der Waals surface area contributed by atoms with Crippen LogP contribution in [-0.2, 0) is 9.09 Å². The van der Waals surface area contributed by atoms with Crippen LogP contribution in [0.3, 0.4) is 0 Å². The lowest BCUT2D eigenvalue weighted by Gasteiger charge is -1.72. The van der Waals surface area contributed by atoms with Crippen molar-refractivity contribution in [1.29, 1.82) is 0 Å². The molecule has 0 aromatic heterocycles. The molecule has 3 heteroatoms. The molecule has 0 aliphatic carbocycles. The van der Waals surface area contributed by atoms with Gasteiger partial charge in [0.15, 0.2) is 0 Å². The van der Waals surface area contributed by atoms with E-state index in [1.165, 1.54) is 6.26 Å². The minimum absolute atomic E-state index is 0.291. The maximum absolute atomic E-state index is 9.39. The van der Waals surface area contributed by atoms with Crippen LogP contribution in [0.25, 0.3) is 0 Å². The zero-order valence-electron chi connectivity index (χ0n) is 3.42. The van der Waals surface area contributed by atoms with Gasteiger partial charge in [-0.1, -0.05) is 6.08 Å². The summed E-state index contributed by atoms with van der Waals surface area (Å²) >= 11 is 0. The van der Waals surface area contributed by atoms with Crippen LogP contribution in [0.4, 0.5) is 0 Å². The number of allylic oxidation sites excluding steroid dienone is 1. The summed E-state index contributed by atoms with van der Waals surface area (Å²) in [5, 5.41) is 0. The van der Waals surface area contributed by atoms with E-state index >= 15 is 0 Å². The van der Waals surface area contributed by atoms with Crippen LogP contribution in [0.1, 0.15) is 6.92 Å². The second-order valence-electron chi connectivity index (χ2n) is 0.649. The minimum Gasteiger partial charge on any atom is -0.416 e. The molecule has 0 atom stereocenters. The first-order valence-electron chi connectivity index (χ1n) is 1.51. The van der Waals surface area contributed by atoms with E-state index in [-0.39, 0.29) is 8.69 Å². The van der Waals surface area contributed by atoms with Gasteiger partial charge in [0.1, 0.15) is 0 Å². The van der Waals surface area contributed by atoms with Crippen molar-refractivity contribution in [1.82, 2.24) is 0 Å². The maximum atomic E-state index is 9.39. The van der Waals surface area contributed by atoms with Gasteiger partial charge in [0, 0.05) is 0 Å². The van der Waals surface area contributed by atoms with Gasteiger partial charge in [0.25, 0.3) is 0 Å². The lowest BCUT2D eigenvalue weighted by molar-refractivity contribution is 0.483. The Labute approximate surface area is 38.1 Å². The summed E-state index contributed by atoms with van der Waals surface area (Å²) < 4.78 is 13.6. The largest absolute Gasteiger partial charge is 0.416 e. The Balaban J connectivity index is 2.85. The van der Waals surface area contributed by atoms with Crippen molar-refractivity contribution < 1.29 is 9.09 Å². The average molecular weight is 104 g/mol. The Kier molecular flexibility index (Phi) is 4.36. The summed E-state index contributed by atoms with van der Waals surface area (Å²) in [7, 11) is -0.291. The van der Waals surface area contributed by atoms with E-state index in [0.717, 1.165) is 0 Å². The SMILES string of the molecule is CC=COP=O. The summed E-state index contributed by atoms with van der Waals surface area (Å²) in [5.74, 6) is 0. The molecule has 0 aromatic rings. The van der Waals surface area contributed by atoms with Gasteiger partial charge in [-0.3, -0.25) is 0 Å². The molecule has 0 aliphatic rings. The second-order valence-corrected chi connectivity index (χ2v) is 1.01. The Morgan fingerprint density at radius 3 is 2.67 bits per heavy atom. The van der Waals surface area contributed by atoms with Crippen LogP contribution in [-0.4, -0.2) is 0 Å². The van der Waals surface area contributed by atoms with E-state index in [2.05, 4.69) is 4.52 Å². The third-order valence-corrected chi connectivity index (χ3v) is 0.448. The molecule has 0 aliphatic heterocycles. The number of rotatable bonds is 2. The smallest absolute Gasteiger partial charge is 0.395 e. The van der Waals surface area contributed by atoms with Crippen LogP contribution in [0.2, 0.25) is 0 Å². The average Bonchev–Trinajstić information content (AvgIpc) is 1.61. The zero-order chi connectivity index (χ0) is 4.83. The van der Waals surface area contributed by atoms with E-state index < -0.39 is 0 Å². The molecule has 0 amide bonds. The van der Waals surface area contributed by atoms with Gasteiger partial charge in [0.2, 0.25) is 0 Å². The summed E-state index contributed by atoms with van der Waals surface area (Å²) in [5.41, 5.74) is 0. The number of hydrogen-bond acceptors (Lipinski definition) is 2. The van der Waals surface area contributed by atoms with Crippen molar-refractivity contribution in [2.75, 3.05) is 0 Å². The highest BCUT2D eigenvalue weighted by Crippen LogP contribution is 1.92. The molecule has 6 heavy (non-hydrogen) atoms. The zero-order valence-corrected chi connectivity index (χ0v) is 4.31. The van der Waals surface area contributed by atoms with Gasteiger partial charge in [0.05, 0.1) is 6.26 Å². The van der Waals surface area contributed by atoms with E-state index in [1.807, 2.05) is 0 Å². The quantitative estimate of drug-likeness (QED) is 0.394. The van der Waals surface area contributed by atoms with Crippen molar-refractivity contribution in [2.45, 2.75) is 6.92 Å². The highest BCUT2D eigenvalue weighted by Gasteiger charge is 1.61. The molecule has 0 rings (SSSR count). The summed E-state index contributed by atoms with van der Waals surface area (Å²) in [6.45, 7) is 1.78. The normalized spacial score (nSPS) is 10.2. The maximum Gasteiger partial charge on any atom is 0.395 e. The van der Waals surface area contributed by atoms with E-state index in [9.17, 15) is 4.57 Å². The fourth-order valence-electron chi connectivity index (χ4n) is 0.0857. The lowest BCUT2D eigenvalue weighted by atomic mass is 10.8. The van der Waals surface area contributed by atoms with Crippen LogP contribution in [0.5, 0.6) is 0 Å². The molecule has 0 aromatic carbocycles. The van der Waals surface area contributed by atoms with E-state index in [1.54, 1.807) is 13.0 Å². The van der Waals surface area contributed by atoms with E-state index in [4.69, 9.17) is 0 Å². The molecule has 0 fully saturated rings. The third kappa shape index (κ3) is 3.64. The predicted octanol–water partition coefficient (Wildman–Crippen LogP) is 1.74. The van der Waals surface area contributed by atoms with Crippen LogP contribution in [0.15, 0.2) is 12.3 Å². The Bertz CT molecular complexity index is 59.8. The van der Waals surface area contributed by atoms with Crippen molar-refractivity contribution in [3.05, 3.63) is 12.3 Å². The van der Waals surface area contributed by atoms with Crippen molar-refractivity contribution in [2.24, 2.45) is 0 Å². The predicted molar refractivity (Wildman–Crippen MR) is 23.5 cm³/mol. The topological polar surface area (TPSA) is 26.3 Å².